The second-order valence-corrected chi connectivity index (χ2v) is 12.3. The number of hydrogen-bond acceptors (Lipinski definition) is 15. The third-order valence-electron chi connectivity index (χ3n) is 9.46. The summed E-state index contributed by atoms with van der Waals surface area (Å²) < 4.78 is 45.9. The summed E-state index contributed by atoms with van der Waals surface area (Å²) in [5.74, 6) is 1.00. The minimum Gasteiger partial charge on any atom is -0.504 e. The predicted molar refractivity (Wildman–Crippen MR) is 158 cm³/mol. The number of aliphatic hydroxyl groups is 6. The number of rotatable bonds is 9. The minimum absolute atomic E-state index is 0.0381. The first kappa shape index (κ1) is 34.1. The molecule has 4 heterocycles. The van der Waals surface area contributed by atoms with Gasteiger partial charge in [0.05, 0.1) is 52.4 Å². The maximum atomic E-state index is 10.7. The van der Waals surface area contributed by atoms with Gasteiger partial charge in [0.15, 0.2) is 29.3 Å². The molecule has 4 saturated heterocycles. The van der Waals surface area contributed by atoms with E-state index in [4.69, 9.17) is 37.9 Å². The summed E-state index contributed by atoms with van der Waals surface area (Å²) in [6.45, 7) is 1.99. The molecule has 15 nitrogen and oxygen atoms in total. The molecule has 4 aliphatic heterocycles. The van der Waals surface area contributed by atoms with Gasteiger partial charge in [-0.25, -0.2) is 0 Å². The van der Waals surface area contributed by atoms with E-state index in [9.17, 15) is 35.7 Å². The van der Waals surface area contributed by atoms with E-state index in [1.807, 2.05) is 6.07 Å². The smallest absolute Gasteiger partial charge is 0.229 e. The van der Waals surface area contributed by atoms with Crippen LogP contribution >= 0.6 is 0 Å². The Morgan fingerprint density at radius 1 is 0.660 bits per heavy atom. The largest absolute Gasteiger partial charge is 0.504 e. The van der Waals surface area contributed by atoms with Crippen LogP contribution in [0.5, 0.6) is 23.0 Å². The first-order valence-corrected chi connectivity index (χ1v) is 15.5. The second kappa shape index (κ2) is 14.0. The third-order valence-corrected chi connectivity index (χ3v) is 9.46. The highest BCUT2D eigenvalue weighted by atomic mass is 16.7. The van der Waals surface area contributed by atoms with Crippen molar-refractivity contribution in [3.8, 4) is 23.0 Å². The van der Waals surface area contributed by atoms with Gasteiger partial charge >= 0.3 is 0 Å². The Hall–Kier alpha value is -2.80. The zero-order chi connectivity index (χ0) is 33.6. The van der Waals surface area contributed by atoms with Gasteiger partial charge in [-0.1, -0.05) is 12.1 Å². The molecule has 0 aromatic heterocycles. The molecule has 14 atom stereocenters. The lowest BCUT2D eigenvalue weighted by Crippen LogP contribution is -2.61. The van der Waals surface area contributed by atoms with Gasteiger partial charge in [0.1, 0.15) is 42.7 Å². The summed E-state index contributed by atoms with van der Waals surface area (Å²) in [5.41, 5.74) is 1.70. The standard InChI is InChI=1S/C32H42O15/c1-13-23(34)25(36)27(38)31(45-13)44-12-22-24(35)26(37)28(39)32(47-22)46-19-7-5-15(9-21(19)41-3)30-17-11-42-29(16(17)10-43-30)14-4-6-18(33)20(8-14)40-2/h4-9,13,16-17,22-39H,10-12H2,1-3H3/t13-,16+,17+,22+,23-,24+,25+,26-,27+,28+,29-,30-,31-,32-/m1/s1. The quantitative estimate of drug-likeness (QED) is 0.180. The highest BCUT2D eigenvalue weighted by Crippen LogP contribution is 2.51. The van der Waals surface area contributed by atoms with Gasteiger partial charge in [-0.2, -0.15) is 0 Å². The fraction of sp³-hybridized carbons (Fsp3) is 0.625. The predicted octanol–water partition coefficient (Wildman–Crippen LogP) is -0.485. The Morgan fingerprint density at radius 3 is 1.87 bits per heavy atom. The first-order chi connectivity index (χ1) is 22.5. The molecule has 260 valence electrons. The zero-order valence-corrected chi connectivity index (χ0v) is 26.1. The fourth-order valence-electron chi connectivity index (χ4n) is 6.68. The van der Waals surface area contributed by atoms with E-state index in [1.54, 1.807) is 30.3 Å². The molecular formula is C32H42O15. The van der Waals surface area contributed by atoms with Gasteiger partial charge < -0.3 is 73.6 Å². The van der Waals surface area contributed by atoms with Crippen LogP contribution in [0, 0.1) is 11.8 Å². The number of methoxy groups -OCH3 is 2. The van der Waals surface area contributed by atoms with Crippen LogP contribution in [0.4, 0.5) is 0 Å². The highest BCUT2D eigenvalue weighted by Gasteiger charge is 2.49. The van der Waals surface area contributed by atoms with Crippen LogP contribution in [-0.2, 0) is 23.7 Å². The Bertz CT molecular complexity index is 1380. The Kier molecular flexibility index (Phi) is 10.1. The van der Waals surface area contributed by atoms with Crippen LogP contribution in [0.3, 0.4) is 0 Å². The summed E-state index contributed by atoms with van der Waals surface area (Å²) in [5, 5.41) is 72.0. The van der Waals surface area contributed by atoms with E-state index in [0.717, 1.165) is 11.1 Å². The van der Waals surface area contributed by atoms with Crippen molar-refractivity contribution in [2.75, 3.05) is 34.0 Å². The monoisotopic (exact) mass is 666 g/mol. The van der Waals surface area contributed by atoms with E-state index < -0.39 is 68.0 Å². The minimum atomic E-state index is -1.68. The lowest BCUT2D eigenvalue weighted by molar-refractivity contribution is -0.318. The van der Waals surface area contributed by atoms with Gasteiger partial charge in [-0.3, -0.25) is 0 Å². The van der Waals surface area contributed by atoms with Gasteiger partial charge in [0, 0.05) is 11.8 Å². The molecule has 47 heavy (non-hydrogen) atoms. The Balaban J connectivity index is 1.12. The van der Waals surface area contributed by atoms with Gasteiger partial charge in [-0.05, 0) is 42.3 Å². The van der Waals surface area contributed by atoms with Crippen LogP contribution in [0.1, 0.15) is 30.3 Å². The Labute approximate surface area is 270 Å². The molecule has 0 aliphatic carbocycles. The fourth-order valence-corrected chi connectivity index (χ4v) is 6.68. The average Bonchev–Trinajstić information content (AvgIpc) is 3.69. The molecule has 4 fully saturated rings. The Morgan fingerprint density at radius 2 is 1.23 bits per heavy atom. The van der Waals surface area contributed by atoms with Crippen LogP contribution in [0.2, 0.25) is 0 Å². The molecule has 0 unspecified atom stereocenters. The van der Waals surface area contributed by atoms with E-state index >= 15 is 0 Å². The molecule has 2 aromatic carbocycles. The van der Waals surface area contributed by atoms with Crippen molar-refractivity contribution in [1.29, 1.82) is 0 Å². The maximum absolute atomic E-state index is 10.7. The number of fused-ring (bicyclic) bond motifs is 1. The molecule has 0 amide bonds. The molecule has 7 N–H and O–H groups in total. The van der Waals surface area contributed by atoms with Gasteiger partial charge in [-0.15, -0.1) is 0 Å². The van der Waals surface area contributed by atoms with Crippen molar-refractivity contribution in [3.05, 3.63) is 47.5 Å². The van der Waals surface area contributed by atoms with Crippen molar-refractivity contribution in [2.45, 2.75) is 80.5 Å². The number of phenols is 1. The third kappa shape index (κ3) is 6.50. The lowest BCUT2D eigenvalue weighted by Gasteiger charge is -2.42. The van der Waals surface area contributed by atoms with Crippen molar-refractivity contribution in [1.82, 2.24) is 0 Å². The topological polar surface area (TPSA) is 215 Å². The SMILES string of the molecule is COc1cc([C@H]2OC[C@H]3[C@@H]2CO[C@@H]3c2ccc(O[C@@H]3O[C@@H](CO[C@@H]4O[C@H](C)[C@@H](O)[C@H](O)[C@@H]4O)[C@H](O)[C@@H](O)[C@@H]3O)c(OC)c2)ccc1O. The molecule has 0 bridgehead atoms. The first-order valence-electron chi connectivity index (χ1n) is 15.5. The number of hydrogen-bond donors (Lipinski definition) is 7. The molecule has 0 spiro atoms. The number of aliphatic hydroxyl groups excluding tert-OH is 6. The van der Waals surface area contributed by atoms with Crippen molar-refractivity contribution in [2.24, 2.45) is 11.8 Å². The normalized spacial score (nSPS) is 40.2. The van der Waals surface area contributed by atoms with Gasteiger partial charge in [0.25, 0.3) is 0 Å². The lowest BCUT2D eigenvalue weighted by atomic mass is 9.85. The van der Waals surface area contributed by atoms with Crippen molar-refractivity contribution >= 4 is 0 Å². The van der Waals surface area contributed by atoms with Gasteiger partial charge in [0.2, 0.25) is 6.29 Å². The van der Waals surface area contributed by atoms with E-state index in [2.05, 4.69) is 0 Å². The molecule has 6 rings (SSSR count). The molecule has 2 aromatic rings. The summed E-state index contributed by atoms with van der Waals surface area (Å²) in [6.07, 6.45) is -14.8. The van der Waals surface area contributed by atoms with Crippen LogP contribution < -0.4 is 14.2 Å². The van der Waals surface area contributed by atoms with Crippen LogP contribution in [-0.4, -0.2) is 131 Å². The highest BCUT2D eigenvalue weighted by molar-refractivity contribution is 5.45. The van der Waals surface area contributed by atoms with Crippen molar-refractivity contribution < 1.29 is 73.6 Å². The van der Waals surface area contributed by atoms with E-state index in [-0.39, 0.29) is 35.5 Å². The summed E-state index contributed by atoms with van der Waals surface area (Å²) in [7, 11) is 2.94. The van der Waals surface area contributed by atoms with Crippen LogP contribution in [0.15, 0.2) is 36.4 Å². The molecule has 4 aliphatic rings. The summed E-state index contributed by atoms with van der Waals surface area (Å²) in [6, 6.07) is 10.3. The number of aromatic hydroxyl groups is 1. The molecule has 15 heteroatoms. The molecule has 0 radical (unpaired) electrons. The maximum Gasteiger partial charge on any atom is 0.229 e. The number of phenolic OH excluding ortho intramolecular Hbond substituents is 1. The molecular weight excluding hydrogens is 624 g/mol. The average molecular weight is 667 g/mol. The van der Waals surface area contributed by atoms with E-state index in [0.29, 0.717) is 24.7 Å². The second-order valence-electron chi connectivity index (χ2n) is 12.3. The zero-order valence-electron chi connectivity index (χ0n) is 26.1. The molecule has 0 saturated carbocycles. The van der Waals surface area contributed by atoms with Crippen LogP contribution in [0.25, 0.3) is 0 Å². The summed E-state index contributed by atoms with van der Waals surface area (Å²) in [4.78, 5) is 0. The number of benzene rings is 2. The van der Waals surface area contributed by atoms with E-state index in [1.165, 1.54) is 21.1 Å². The number of ether oxygens (including phenoxy) is 8. The van der Waals surface area contributed by atoms with Crippen molar-refractivity contribution in [3.63, 3.8) is 0 Å². The summed E-state index contributed by atoms with van der Waals surface area (Å²) >= 11 is 0.